The van der Waals surface area contributed by atoms with Crippen molar-refractivity contribution in [2.75, 3.05) is 23.9 Å². The Balaban J connectivity index is 1.41. The van der Waals surface area contributed by atoms with Gasteiger partial charge in [0, 0.05) is 29.7 Å². The molecule has 0 aromatic heterocycles. The van der Waals surface area contributed by atoms with Gasteiger partial charge in [-0.3, -0.25) is 14.4 Å². The number of para-hydroxylation sites is 1. The van der Waals surface area contributed by atoms with Gasteiger partial charge in [0.2, 0.25) is 11.8 Å². The van der Waals surface area contributed by atoms with Crippen LogP contribution in [0.4, 0.5) is 11.4 Å². The zero-order chi connectivity index (χ0) is 24.1. The summed E-state index contributed by atoms with van der Waals surface area (Å²) in [5, 5.41) is 5.72. The number of amides is 3. The average molecular weight is 522 g/mol. The van der Waals surface area contributed by atoms with Crippen LogP contribution in [0.15, 0.2) is 77.3 Å². The number of benzene rings is 3. The molecule has 3 aromatic carbocycles. The van der Waals surface area contributed by atoms with Crippen molar-refractivity contribution in [1.82, 2.24) is 5.32 Å². The third-order valence-corrected chi connectivity index (χ3v) is 6.18. The highest BCUT2D eigenvalue weighted by Gasteiger charge is 2.35. The number of nitrogens with one attached hydrogen (secondary N) is 2. The minimum absolute atomic E-state index is 0.105. The van der Waals surface area contributed by atoms with Crippen LogP contribution in [-0.2, 0) is 16.1 Å². The number of hydrogen-bond donors (Lipinski definition) is 2. The Hall–Kier alpha value is -3.65. The maximum absolute atomic E-state index is 13.0. The molecule has 4 rings (SSSR count). The van der Waals surface area contributed by atoms with Crippen LogP contribution in [0.3, 0.4) is 0 Å². The third-order valence-electron chi connectivity index (χ3n) is 5.65. The minimum atomic E-state index is -0.510. The Morgan fingerprint density at radius 3 is 2.59 bits per heavy atom. The molecule has 8 heteroatoms. The zero-order valence-electron chi connectivity index (χ0n) is 18.6. The SMILES string of the molecule is COc1cccc(CNC(=O)c2ccccc2NC(=O)[C@@H]2CC(=O)N(c3ccc(Br)cc3)C2)c1. The molecule has 1 fully saturated rings. The predicted octanol–water partition coefficient (Wildman–Crippen LogP) is 4.38. The van der Waals surface area contributed by atoms with Gasteiger partial charge in [0.1, 0.15) is 5.75 Å². The number of anilines is 2. The first-order chi connectivity index (χ1) is 16.4. The molecule has 3 amide bonds. The van der Waals surface area contributed by atoms with Crippen molar-refractivity contribution < 1.29 is 19.1 Å². The maximum Gasteiger partial charge on any atom is 0.253 e. The molecule has 0 unspecified atom stereocenters. The first kappa shape index (κ1) is 23.5. The van der Waals surface area contributed by atoms with Gasteiger partial charge < -0.3 is 20.3 Å². The fourth-order valence-corrected chi connectivity index (χ4v) is 4.10. The second-order valence-corrected chi connectivity index (χ2v) is 8.87. The van der Waals surface area contributed by atoms with Gasteiger partial charge in [-0.05, 0) is 54.1 Å². The summed E-state index contributed by atoms with van der Waals surface area (Å²) in [7, 11) is 1.59. The molecule has 1 heterocycles. The van der Waals surface area contributed by atoms with Crippen molar-refractivity contribution in [3.63, 3.8) is 0 Å². The van der Waals surface area contributed by atoms with Gasteiger partial charge >= 0.3 is 0 Å². The first-order valence-corrected chi connectivity index (χ1v) is 11.6. The standard InChI is InChI=1S/C26H24BrN3O4/c1-34-21-6-4-5-17(13-21)15-28-26(33)22-7-2-3-8-23(22)29-25(32)18-14-24(31)30(16-18)20-11-9-19(27)10-12-20/h2-13,18H,14-16H2,1H3,(H,28,33)(H,29,32)/t18-/m1/s1. The highest BCUT2D eigenvalue weighted by atomic mass is 79.9. The molecule has 34 heavy (non-hydrogen) atoms. The van der Waals surface area contributed by atoms with Gasteiger partial charge in [0.15, 0.2) is 0 Å². The number of halogens is 1. The molecule has 0 radical (unpaired) electrons. The fourth-order valence-electron chi connectivity index (χ4n) is 3.84. The smallest absolute Gasteiger partial charge is 0.253 e. The van der Waals surface area contributed by atoms with Crippen LogP contribution in [0.1, 0.15) is 22.3 Å². The predicted molar refractivity (Wildman–Crippen MR) is 134 cm³/mol. The van der Waals surface area contributed by atoms with Crippen molar-refractivity contribution >= 4 is 45.0 Å². The Morgan fingerprint density at radius 2 is 1.82 bits per heavy atom. The molecule has 0 saturated carbocycles. The van der Waals surface area contributed by atoms with Crippen LogP contribution >= 0.6 is 15.9 Å². The van der Waals surface area contributed by atoms with E-state index in [4.69, 9.17) is 4.74 Å². The summed E-state index contributed by atoms with van der Waals surface area (Å²) in [4.78, 5) is 40.0. The van der Waals surface area contributed by atoms with Crippen LogP contribution in [0, 0.1) is 5.92 Å². The minimum Gasteiger partial charge on any atom is -0.497 e. The van der Waals surface area contributed by atoms with Crippen molar-refractivity contribution in [3.8, 4) is 5.75 Å². The summed E-state index contributed by atoms with van der Waals surface area (Å²) in [6.45, 7) is 0.605. The van der Waals surface area contributed by atoms with E-state index in [0.717, 1.165) is 15.7 Å². The van der Waals surface area contributed by atoms with E-state index in [1.165, 1.54) is 0 Å². The highest BCUT2D eigenvalue weighted by molar-refractivity contribution is 9.10. The van der Waals surface area contributed by atoms with Gasteiger partial charge in [-0.25, -0.2) is 0 Å². The van der Waals surface area contributed by atoms with Crippen molar-refractivity contribution in [3.05, 3.63) is 88.4 Å². The largest absolute Gasteiger partial charge is 0.497 e. The van der Waals surface area contributed by atoms with Crippen LogP contribution < -0.4 is 20.3 Å². The summed E-state index contributed by atoms with van der Waals surface area (Å²) >= 11 is 3.38. The summed E-state index contributed by atoms with van der Waals surface area (Å²) in [5.74, 6) is -0.503. The Bertz CT molecular complexity index is 1210. The lowest BCUT2D eigenvalue weighted by molar-refractivity contribution is -0.122. The summed E-state index contributed by atoms with van der Waals surface area (Å²) in [5.41, 5.74) is 2.41. The van der Waals surface area contributed by atoms with E-state index in [2.05, 4.69) is 26.6 Å². The number of hydrogen-bond acceptors (Lipinski definition) is 4. The molecule has 174 valence electrons. The van der Waals surface area contributed by atoms with E-state index in [0.29, 0.717) is 23.5 Å². The molecule has 1 saturated heterocycles. The van der Waals surface area contributed by atoms with E-state index < -0.39 is 5.92 Å². The lowest BCUT2D eigenvalue weighted by Crippen LogP contribution is -2.29. The van der Waals surface area contributed by atoms with Gasteiger partial charge in [-0.1, -0.05) is 40.2 Å². The highest BCUT2D eigenvalue weighted by Crippen LogP contribution is 2.27. The molecule has 0 aliphatic carbocycles. The van der Waals surface area contributed by atoms with E-state index in [1.54, 1.807) is 36.3 Å². The number of nitrogens with zero attached hydrogens (tertiary/aromatic N) is 1. The van der Waals surface area contributed by atoms with Gasteiger partial charge in [-0.15, -0.1) is 0 Å². The van der Waals surface area contributed by atoms with E-state index in [9.17, 15) is 14.4 Å². The van der Waals surface area contributed by atoms with E-state index >= 15 is 0 Å². The van der Waals surface area contributed by atoms with Crippen molar-refractivity contribution in [2.24, 2.45) is 5.92 Å². The van der Waals surface area contributed by atoms with Crippen molar-refractivity contribution in [2.45, 2.75) is 13.0 Å². The van der Waals surface area contributed by atoms with Gasteiger partial charge in [0.25, 0.3) is 5.91 Å². The molecular formula is C26H24BrN3O4. The number of ether oxygens (including phenoxy) is 1. The number of carbonyl (C=O) groups excluding carboxylic acids is 3. The summed E-state index contributed by atoms with van der Waals surface area (Å²) in [6.07, 6.45) is 0.117. The Morgan fingerprint density at radius 1 is 1.06 bits per heavy atom. The normalized spacial score (nSPS) is 15.2. The number of carbonyl (C=O) groups is 3. The summed E-state index contributed by atoms with van der Waals surface area (Å²) < 4.78 is 6.13. The monoisotopic (exact) mass is 521 g/mol. The number of methoxy groups -OCH3 is 1. The van der Waals surface area contributed by atoms with Gasteiger partial charge in [-0.2, -0.15) is 0 Å². The molecule has 7 nitrogen and oxygen atoms in total. The molecule has 1 aliphatic heterocycles. The summed E-state index contributed by atoms with van der Waals surface area (Å²) in [6, 6.07) is 21.7. The lowest BCUT2D eigenvalue weighted by atomic mass is 10.1. The third kappa shape index (κ3) is 5.46. The van der Waals surface area contributed by atoms with Gasteiger partial charge in [0.05, 0.1) is 24.3 Å². The second kappa shape index (κ2) is 10.5. The lowest BCUT2D eigenvalue weighted by Gasteiger charge is -2.17. The molecule has 0 spiro atoms. The van der Waals surface area contributed by atoms with Crippen LogP contribution in [0.25, 0.3) is 0 Å². The molecule has 1 atom stereocenters. The molecule has 3 aromatic rings. The molecule has 0 bridgehead atoms. The molecular weight excluding hydrogens is 498 g/mol. The topological polar surface area (TPSA) is 87.7 Å². The quantitative estimate of drug-likeness (QED) is 0.482. The Kier molecular flexibility index (Phi) is 7.27. The number of rotatable bonds is 7. The van der Waals surface area contributed by atoms with E-state index in [-0.39, 0.29) is 30.7 Å². The van der Waals surface area contributed by atoms with Crippen molar-refractivity contribution in [1.29, 1.82) is 0 Å². The average Bonchev–Trinajstić information content (AvgIpc) is 3.25. The zero-order valence-corrected chi connectivity index (χ0v) is 20.2. The molecule has 2 N–H and O–H groups in total. The second-order valence-electron chi connectivity index (χ2n) is 7.95. The van der Waals surface area contributed by atoms with Crippen LogP contribution in [-0.4, -0.2) is 31.4 Å². The molecule has 1 aliphatic rings. The fraction of sp³-hybridized carbons (Fsp3) is 0.192. The van der Waals surface area contributed by atoms with Crippen LogP contribution in [0.2, 0.25) is 0 Å². The maximum atomic E-state index is 13.0. The van der Waals surface area contributed by atoms with Crippen LogP contribution in [0.5, 0.6) is 5.75 Å². The van der Waals surface area contributed by atoms with E-state index in [1.807, 2.05) is 48.5 Å². The first-order valence-electron chi connectivity index (χ1n) is 10.8. The Labute approximate surface area is 206 Å².